The van der Waals surface area contributed by atoms with Crippen molar-refractivity contribution in [3.63, 3.8) is 0 Å². The highest BCUT2D eigenvalue weighted by Gasteiger charge is 2.59. The lowest BCUT2D eigenvalue weighted by Gasteiger charge is -2.58. The van der Waals surface area contributed by atoms with Gasteiger partial charge in [-0.2, -0.15) is 0 Å². The molecule has 368 valence electrons. The molecule has 0 radical (unpaired) electrons. The second kappa shape index (κ2) is 30.4. The maximum atomic E-state index is 13.1. The van der Waals surface area contributed by atoms with Crippen LogP contribution in [0.5, 0.6) is 0 Å². The third-order valence-corrected chi connectivity index (χ3v) is 17.3. The number of hydrogen-bond donors (Lipinski definition) is 1. The molecule has 63 heavy (non-hydrogen) atoms. The first kappa shape index (κ1) is 54.7. The van der Waals surface area contributed by atoms with Gasteiger partial charge in [-0.1, -0.05) is 156 Å². The molecule has 4 rings (SSSR count). The van der Waals surface area contributed by atoms with Gasteiger partial charge < -0.3 is 24.2 Å². The number of fused-ring (bicyclic) bond motifs is 5. The normalized spacial score (nSPS) is 27.4. The number of ether oxygens (including phenoxy) is 3. The van der Waals surface area contributed by atoms with Crippen LogP contribution in [0.2, 0.25) is 0 Å². The molecule has 8 unspecified atom stereocenters. The quantitative estimate of drug-likeness (QED) is 0.0293. The van der Waals surface area contributed by atoms with E-state index in [0.717, 1.165) is 139 Å². The van der Waals surface area contributed by atoms with Crippen molar-refractivity contribution in [2.24, 2.45) is 46.3 Å². The summed E-state index contributed by atoms with van der Waals surface area (Å²) in [6.07, 6.45) is 40.2. The molecule has 0 heterocycles. The average Bonchev–Trinajstić information content (AvgIpc) is 3.62. The van der Waals surface area contributed by atoms with E-state index in [1.54, 1.807) is 5.57 Å². The fraction of sp³-hybridized carbons (Fsp3) is 0.947. The highest BCUT2D eigenvalue weighted by molar-refractivity contribution is 5.69. The number of allylic oxidation sites excluding steroid dienone is 1. The van der Waals surface area contributed by atoms with Gasteiger partial charge in [0.15, 0.2) is 6.29 Å². The van der Waals surface area contributed by atoms with Crippen LogP contribution in [0, 0.1) is 46.3 Å². The minimum atomic E-state index is -0.0706. The van der Waals surface area contributed by atoms with E-state index in [9.17, 15) is 9.90 Å². The van der Waals surface area contributed by atoms with E-state index in [4.69, 9.17) is 14.2 Å². The van der Waals surface area contributed by atoms with Gasteiger partial charge in [0.05, 0.1) is 6.61 Å². The summed E-state index contributed by atoms with van der Waals surface area (Å²) in [5, 5.41) is 9.79. The molecule has 0 bridgehead atoms. The fourth-order valence-electron chi connectivity index (χ4n) is 13.5. The molecule has 6 nitrogen and oxygen atoms in total. The van der Waals surface area contributed by atoms with Crippen molar-refractivity contribution >= 4 is 5.97 Å². The first-order valence-corrected chi connectivity index (χ1v) is 28.0. The molecule has 0 aromatic heterocycles. The Kier molecular flexibility index (Phi) is 26.4. The summed E-state index contributed by atoms with van der Waals surface area (Å²) in [5.74, 6) is 5.12. The minimum Gasteiger partial charge on any atom is -0.462 e. The topological polar surface area (TPSA) is 68.2 Å². The predicted molar refractivity (Wildman–Crippen MR) is 266 cm³/mol. The second-order valence-corrected chi connectivity index (χ2v) is 22.6. The van der Waals surface area contributed by atoms with Crippen molar-refractivity contribution in [2.75, 3.05) is 39.5 Å². The molecule has 0 spiro atoms. The van der Waals surface area contributed by atoms with E-state index in [-0.39, 0.29) is 25.0 Å². The molecule has 0 saturated heterocycles. The van der Waals surface area contributed by atoms with Crippen LogP contribution < -0.4 is 0 Å². The molecule has 4 aliphatic rings. The summed E-state index contributed by atoms with van der Waals surface area (Å²) in [4.78, 5) is 15.5. The summed E-state index contributed by atoms with van der Waals surface area (Å²) in [6, 6.07) is 0. The fourth-order valence-corrected chi connectivity index (χ4v) is 13.5. The Balaban J connectivity index is 1.10. The van der Waals surface area contributed by atoms with Crippen molar-refractivity contribution in [1.82, 2.24) is 4.90 Å². The van der Waals surface area contributed by atoms with Crippen molar-refractivity contribution in [3.8, 4) is 0 Å². The number of carbonyl (C=O) groups excluding carboxylic acids is 1. The lowest BCUT2D eigenvalue weighted by Crippen LogP contribution is -2.51. The molecule has 0 aromatic rings. The number of esters is 1. The van der Waals surface area contributed by atoms with Crippen molar-refractivity contribution in [3.05, 3.63) is 11.6 Å². The highest BCUT2D eigenvalue weighted by atomic mass is 16.7. The molecule has 8 atom stereocenters. The number of carbonyl (C=O) groups is 1. The van der Waals surface area contributed by atoms with Crippen LogP contribution in [-0.4, -0.2) is 67.8 Å². The number of hydrogen-bond acceptors (Lipinski definition) is 6. The van der Waals surface area contributed by atoms with Gasteiger partial charge in [-0.05, 0) is 149 Å². The zero-order valence-electron chi connectivity index (χ0n) is 42.9. The summed E-state index contributed by atoms with van der Waals surface area (Å²) >= 11 is 0. The molecule has 3 saturated carbocycles. The SMILES string of the molecule is CCCCCCCCOC(CCCCCN(CCO)CCCCCC(=O)OC1CCC2(C)C(=CCC3C2CCC2(C)C(C(C)CCCC(C)C)CCC32)C1)OCCCCCCCC. The predicted octanol–water partition coefficient (Wildman–Crippen LogP) is 15.4. The minimum absolute atomic E-state index is 0.00302. The van der Waals surface area contributed by atoms with Gasteiger partial charge in [0.25, 0.3) is 0 Å². The van der Waals surface area contributed by atoms with E-state index in [1.165, 1.54) is 122 Å². The van der Waals surface area contributed by atoms with Crippen LogP contribution in [0.1, 0.15) is 248 Å². The molecule has 1 N–H and O–H groups in total. The molecule has 0 aliphatic heterocycles. The van der Waals surface area contributed by atoms with Gasteiger partial charge in [0, 0.05) is 32.6 Å². The molecule has 0 aromatic carbocycles. The number of unbranched alkanes of at least 4 members (excludes halogenated alkanes) is 14. The van der Waals surface area contributed by atoms with Crippen molar-refractivity contribution in [2.45, 2.75) is 260 Å². The maximum absolute atomic E-state index is 13.1. The first-order valence-electron chi connectivity index (χ1n) is 28.0. The van der Waals surface area contributed by atoms with Crippen LogP contribution in [0.25, 0.3) is 0 Å². The van der Waals surface area contributed by atoms with Gasteiger partial charge >= 0.3 is 5.97 Å². The molecular formula is C57H105NO5. The Morgan fingerprint density at radius 1 is 0.698 bits per heavy atom. The van der Waals surface area contributed by atoms with Crippen molar-refractivity contribution < 1.29 is 24.1 Å². The smallest absolute Gasteiger partial charge is 0.306 e. The van der Waals surface area contributed by atoms with Crippen LogP contribution >= 0.6 is 0 Å². The van der Waals surface area contributed by atoms with Crippen LogP contribution in [0.3, 0.4) is 0 Å². The van der Waals surface area contributed by atoms with Gasteiger partial charge in [-0.15, -0.1) is 0 Å². The molecule has 0 amide bonds. The van der Waals surface area contributed by atoms with Gasteiger partial charge in [-0.25, -0.2) is 0 Å². The zero-order valence-corrected chi connectivity index (χ0v) is 42.9. The lowest BCUT2D eigenvalue weighted by atomic mass is 9.47. The lowest BCUT2D eigenvalue weighted by molar-refractivity contribution is -0.151. The van der Waals surface area contributed by atoms with Gasteiger partial charge in [0.2, 0.25) is 0 Å². The van der Waals surface area contributed by atoms with Crippen LogP contribution in [0.15, 0.2) is 11.6 Å². The Morgan fingerprint density at radius 3 is 1.98 bits per heavy atom. The van der Waals surface area contributed by atoms with Gasteiger partial charge in [-0.3, -0.25) is 4.79 Å². The second-order valence-electron chi connectivity index (χ2n) is 22.6. The summed E-state index contributed by atoms with van der Waals surface area (Å²) in [7, 11) is 0. The summed E-state index contributed by atoms with van der Waals surface area (Å²) in [6.45, 7) is 21.7. The first-order chi connectivity index (χ1) is 30.5. The summed E-state index contributed by atoms with van der Waals surface area (Å²) in [5.41, 5.74) is 2.43. The average molecular weight is 884 g/mol. The molecular weight excluding hydrogens is 779 g/mol. The molecule has 3 fully saturated rings. The van der Waals surface area contributed by atoms with Gasteiger partial charge in [0.1, 0.15) is 6.10 Å². The van der Waals surface area contributed by atoms with E-state index in [0.29, 0.717) is 17.3 Å². The summed E-state index contributed by atoms with van der Waals surface area (Å²) < 4.78 is 18.7. The highest BCUT2D eigenvalue weighted by Crippen LogP contribution is 2.67. The Morgan fingerprint density at radius 2 is 1.33 bits per heavy atom. The number of nitrogens with zero attached hydrogens (tertiary/aromatic N) is 1. The standard InChI is InChI=1S/C57H105NO5/c1-8-10-12-14-16-24-43-61-55(62-44-25-17-15-13-11-9-2)30-21-19-23-40-58(41-42-59)39-22-18-20-29-54(60)63-49-35-37-56(6)48(45-49)31-32-50-52-34-33-51(47(5)28-26-27-46(3)4)57(52,7)38-36-53(50)56/h31,46-47,49-53,55,59H,8-30,32-45H2,1-7H3. The van der Waals surface area contributed by atoms with E-state index in [2.05, 4.69) is 59.4 Å². The van der Waals surface area contributed by atoms with Crippen molar-refractivity contribution in [1.29, 1.82) is 0 Å². The third kappa shape index (κ3) is 18.2. The van der Waals surface area contributed by atoms with Crippen LogP contribution in [-0.2, 0) is 19.0 Å². The van der Waals surface area contributed by atoms with E-state index in [1.807, 2.05) is 0 Å². The number of rotatable bonds is 36. The van der Waals surface area contributed by atoms with E-state index >= 15 is 0 Å². The Bertz CT molecular complexity index is 1220. The largest absolute Gasteiger partial charge is 0.462 e. The van der Waals surface area contributed by atoms with E-state index < -0.39 is 0 Å². The number of aliphatic hydroxyl groups is 1. The Labute approximate surface area is 391 Å². The molecule has 6 heteroatoms. The maximum Gasteiger partial charge on any atom is 0.306 e. The molecule has 4 aliphatic carbocycles. The Hall–Kier alpha value is -0.950. The number of aliphatic hydroxyl groups excluding tert-OH is 1. The van der Waals surface area contributed by atoms with Crippen LogP contribution in [0.4, 0.5) is 0 Å². The third-order valence-electron chi connectivity index (χ3n) is 17.3. The monoisotopic (exact) mass is 884 g/mol. The zero-order chi connectivity index (χ0) is 45.3.